The molecule has 0 spiro atoms. The Balaban J connectivity index is 1.94. The minimum absolute atomic E-state index is 0.0354. The molecule has 3 aromatic rings. The van der Waals surface area contributed by atoms with Gasteiger partial charge in [-0.1, -0.05) is 30.8 Å². The highest BCUT2D eigenvalue weighted by Crippen LogP contribution is 2.23. The Labute approximate surface area is 159 Å². The van der Waals surface area contributed by atoms with Crippen LogP contribution in [-0.2, 0) is 0 Å². The van der Waals surface area contributed by atoms with Gasteiger partial charge in [0.2, 0.25) is 0 Å². The third kappa shape index (κ3) is 3.93. The first kappa shape index (κ1) is 19.2. The van der Waals surface area contributed by atoms with E-state index in [4.69, 9.17) is 0 Å². The molecule has 2 aromatic carbocycles. The van der Waals surface area contributed by atoms with Crippen molar-refractivity contribution >= 4 is 28.4 Å². The summed E-state index contributed by atoms with van der Waals surface area (Å²) in [6, 6.07) is 10.0. The quantitative estimate of drug-likeness (QED) is 0.351. The third-order valence-electron chi connectivity index (χ3n) is 4.38. The number of aromatic nitrogens is 2. The maximum absolute atomic E-state index is 13.4. The summed E-state index contributed by atoms with van der Waals surface area (Å²) in [5.74, 6) is -2.46. The van der Waals surface area contributed by atoms with Crippen molar-refractivity contribution in [1.82, 2.24) is 9.55 Å². The summed E-state index contributed by atoms with van der Waals surface area (Å²) in [5.41, 5.74) is 0.488. The smallest absolute Gasteiger partial charge is 0.262 e. The predicted molar refractivity (Wildman–Crippen MR) is 102 cm³/mol. The number of carbonyl (C=O) groups is 1. The van der Waals surface area contributed by atoms with Crippen LogP contribution in [0.1, 0.15) is 36.7 Å². The van der Waals surface area contributed by atoms with Crippen LogP contribution < -0.4 is 5.56 Å². The number of halogens is 2. The molecule has 0 aliphatic rings. The van der Waals surface area contributed by atoms with Gasteiger partial charge in [0.15, 0.2) is 22.6 Å². The largest absolute Gasteiger partial charge is 0.293 e. The fourth-order valence-electron chi connectivity index (χ4n) is 2.68. The molecule has 0 N–H and O–H groups in total. The molecule has 1 atom stereocenters. The lowest BCUT2D eigenvalue weighted by molar-refractivity contribution is 0.102. The minimum atomic E-state index is -1.06. The molecule has 1 aromatic heterocycles. The SMILES string of the molecule is CC[C@@H](C)n1c(SCC(=O)c2ccc(F)c(F)c2)nc2ccccc2c1=O. The summed E-state index contributed by atoms with van der Waals surface area (Å²) in [6.07, 6.45) is 0.727. The van der Waals surface area contributed by atoms with Crippen LogP contribution in [0.25, 0.3) is 10.9 Å². The lowest BCUT2D eigenvalue weighted by atomic mass is 10.1. The van der Waals surface area contributed by atoms with Crippen LogP contribution in [-0.4, -0.2) is 21.1 Å². The van der Waals surface area contributed by atoms with E-state index in [0.717, 1.165) is 30.3 Å². The Hall–Kier alpha value is -2.54. The standard InChI is InChI=1S/C20H18F2N2O2S/c1-3-12(2)24-19(26)14-6-4-5-7-17(14)23-20(24)27-11-18(25)13-8-9-15(21)16(22)10-13/h4-10,12H,3,11H2,1-2H3/t12-/m1/s1. The number of Topliss-reactive ketones (excluding diaryl/α,β-unsaturated/α-hetero) is 1. The van der Waals surface area contributed by atoms with Gasteiger partial charge < -0.3 is 0 Å². The van der Waals surface area contributed by atoms with Gasteiger partial charge in [0, 0.05) is 11.6 Å². The van der Waals surface area contributed by atoms with E-state index in [-0.39, 0.29) is 28.7 Å². The number of thioether (sulfide) groups is 1. The molecule has 4 nitrogen and oxygen atoms in total. The summed E-state index contributed by atoms with van der Waals surface area (Å²) >= 11 is 1.12. The Bertz CT molecular complexity index is 1070. The number of hydrogen-bond acceptors (Lipinski definition) is 4. The Morgan fingerprint density at radius 3 is 2.63 bits per heavy atom. The van der Waals surface area contributed by atoms with Gasteiger partial charge in [-0.15, -0.1) is 0 Å². The Morgan fingerprint density at radius 2 is 1.93 bits per heavy atom. The van der Waals surface area contributed by atoms with Gasteiger partial charge in [-0.3, -0.25) is 14.2 Å². The zero-order chi connectivity index (χ0) is 19.6. The maximum atomic E-state index is 13.4. The normalized spacial score (nSPS) is 12.3. The molecule has 7 heteroatoms. The van der Waals surface area contributed by atoms with Crippen molar-refractivity contribution in [3.8, 4) is 0 Å². The molecule has 0 saturated carbocycles. The highest BCUT2D eigenvalue weighted by molar-refractivity contribution is 7.99. The van der Waals surface area contributed by atoms with E-state index in [2.05, 4.69) is 4.98 Å². The van der Waals surface area contributed by atoms with Gasteiger partial charge in [0.05, 0.1) is 16.7 Å². The number of para-hydroxylation sites is 1. The average Bonchev–Trinajstić information content (AvgIpc) is 2.67. The van der Waals surface area contributed by atoms with Crippen LogP contribution >= 0.6 is 11.8 Å². The number of rotatable bonds is 6. The summed E-state index contributed by atoms with van der Waals surface area (Å²) in [5, 5.41) is 0.957. The first-order valence-corrected chi connectivity index (χ1v) is 9.53. The second-order valence-electron chi connectivity index (χ2n) is 6.18. The molecule has 0 unspecified atom stereocenters. The van der Waals surface area contributed by atoms with Crippen molar-refractivity contribution in [1.29, 1.82) is 0 Å². The van der Waals surface area contributed by atoms with Crippen molar-refractivity contribution < 1.29 is 13.6 Å². The molecule has 140 valence electrons. The van der Waals surface area contributed by atoms with E-state index in [1.165, 1.54) is 6.07 Å². The minimum Gasteiger partial charge on any atom is -0.293 e. The molecule has 27 heavy (non-hydrogen) atoms. The average molecular weight is 388 g/mol. The lowest BCUT2D eigenvalue weighted by Crippen LogP contribution is -2.26. The van der Waals surface area contributed by atoms with Crippen LogP contribution in [0.5, 0.6) is 0 Å². The number of fused-ring (bicyclic) bond motifs is 1. The molecule has 0 fully saturated rings. The Kier molecular flexibility index (Phi) is 5.70. The van der Waals surface area contributed by atoms with Crippen molar-refractivity contribution in [3.05, 3.63) is 70.0 Å². The van der Waals surface area contributed by atoms with Crippen molar-refractivity contribution in [2.24, 2.45) is 0 Å². The molecular formula is C20H18F2N2O2S. The van der Waals surface area contributed by atoms with E-state index < -0.39 is 11.6 Å². The van der Waals surface area contributed by atoms with Gasteiger partial charge in [0.25, 0.3) is 5.56 Å². The Morgan fingerprint density at radius 1 is 1.19 bits per heavy atom. The zero-order valence-electron chi connectivity index (χ0n) is 14.9. The molecular weight excluding hydrogens is 370 g/mol. The lowest BCUT2D eigenvalue weighted by Gasteiger charge is -2.18. The zero-order valence-corrected chi connectivity index (χ0v) is 15.7. The van der Waals surface area contributed by atoms with Crippen LogP contribution in [0.15, 0.2) is 52.4 Å². The maximum Gasteiger partial charge on any atom is 0.262 e. The van der Waals surface area contributed by atoms with E-state index >= 15 is 0 Å². The monoisotopic (exact) mass is 388 g/mol. The van der Waals surface area contributed by atoms with Crippen molar-refractivity contribution in [2.45, 2.75) is 31.5 Å². The van der Waals surface area contributed by atoms with Crippen LogP contribution in [0.2, 0.25) is 0 Å². The number of carbonyl (C=O) groups excluding carboxylic acids is 1. The van der Waals surface area contributed by atoms with Crippen LogP contribution in [0, 0.1) is 11.6 Å². The summed E-state index contributed by atoms with van der Waals surface area (Å²) in [7, 11) is 0. The fraction of sp³-hybridized carbons (Fsp3) is 0.250. The van der Waals surface area contributed by atoms with Gasteiger partial charge in [-0.05, 0) is 43.7 Å². The first-order chi connectivity index (χ1) is 12.9. The number of benzene rings is 2. The van der Waals surface area contributed by atoms with Gasteiger partial charge in [0.1, 0.15) is 0 Å². The summed E-state index contributed by atoms with van der Waals surface area (Å²) in [6.45, 7) is 3.88. The predicted octanol–water partition coefficient (Wildman–Crippen LogP) is 4.62. The first-order valence-electron chi connectivity index (χ1n) is 8.54. The van der Waals surface area contributed by atoms with Crippen LogP contribution in [0.4, 0.5) is 8.78 Å². The molecule has 0 aliphatic carbocycles. The van der Waals surface area contributed by atoms with Crippen LogP contribution in [0.3, 0.4) is 0 Å². The summed E-state index contributed by atoms with van der Waals surface area (Å²) < 4.78 is 28.0. The van der Waals surface area contributed by atoms with E-state index in [1.54, 1.807) is 28.8 Å². The van der Waals surface area contributed by atoms with E-state index in [1.807, 2.05) is 13.8 Å². The van der Waals surface area contributed by atoms with Gasteiger partial charge in [-0.25, -0.2) is 13.8 Å². The van der Waals surface area contributed by atoms with E-state index in [0.29, 0.717) is 16.1 Å². The number of hydrogen-bond donors (Lipinski definition) is 0. The molecule has 0 saturated heterocycles. The second-order valence-corrected chi connectivity index (χ2v) is 7.13. The molecule has 0 amide bonds. The fourth-order valence-corrected chi connectivity index (χ4v) is 3.67. The highest BCUT2D eigenvalue weighted by atomic mass is 32.2. The molecule has 3 rings (SSSR count). The van der Waals surface area contributed by atoms with E-state index in [9.17, 15) is 18.4 Å². The molecule has 0 radical (unpaired) electrons. The molecule has 1 heterocycles. The number of ketones is 1. The van der Waals surface area contributed by atoms with Gasteiger partial charge >= 0.3 is 0 Å². The summed E-state index contributed by atoms with van der Waals surface area (Å²) in [4.78, 5) is 29.8. The second kappa shape index (κ2) is 8.00. The van der Waals surface area contributed by atoms with Gasteiger partial charge in [-0.2, -0.15) is 0 Å². The highest BCUT2D eigenvalue weighted by Gasteiger charge is 2.17. The number of nitrogens with zero attached hydrogens (tertiary/aromatic N) is 2. The third-order valence-corrected chi connectivity index (χ3v) is 5.33. The van der Waals surface area contributed by atoms with Crippen molar-refractivity contribution in [2.75, 3.05) is 5.75 Å². The van der Waals surface area contributed by atoms with Crippen molar-refractivity contribution in [3.63, 3.8) is 0 Å². The topological polar surface area (TPSA) is 52.0 Å². The molecule has 0 aliphatic heterocycles. The molecule has 0 bridgehead atoms.